The number of pyridine rings is 2. The van der Waals surface area contributed by atoms with Crippen molar-refractivity contribution in [1.82, 2.24) is 15.3 Å². The van der Waals surface area contributed by atoms with Crippen molar-refractivity contribution in [3.8, 4) is 0 Å². The molecule has 0 aromatic carbocycles. The molecule has 1 saturated carbocycles. The Bertz CT molecular complexity index is 620. The summed E-state index contributed by atoms with van der Waals surface area (Å²) in [6.45, 7) is 0. The normalized spacial score (nSPS) is 20.2. The van der Waals surface area contributed by atoms with Crippen molar-refractivity contribution in [3.63, 3.8) is 0 Å². The Morgan fingerprint density at radius 2 is 2.05 bits per heavy atom. The molecule has 4 nitrogen and oxygen atoms in total. The topological polar surface area (TPSA) is 49.8 Å². The first-order valence-corrected chi connectivity index (χ1v) is 7.11. The van der Waals surface area contributed by atoms with Crippen LogP contribution < -0.4 is 10.6 Å². The minimum absolute atomic E-state index is 0.326. The second kappa shape index (κ2) is 5.73. The summed E-state index contributed by atoms with van der Waals surface area (Å²) in [7, 11) is 0. The zero-order chi connectivity index (χ0) is 13.9. The molecule has 2 atom stereocenters. The molecule has 1 aliphatic rings. The average Bonchev–Trinajstić information content (AvgIpc) is 3.21. The number of anilines is 1. The fourth-order valence-electron chi connectivity index (χ4n) is 2.07. The highest BCUT2D eigenvalue weighted by Gasteiger charge is 2.39. The first-order valence-electron chi connectivity index (χ1n) is 6.33. The van der Waals surface area contributed by atoms with Gasteiger partial charge in [-0.2, -0.15) is 0 Å². The number of hydrogen-bond acceptors (Lipinski definition) is 3. The van der Waals surface area contributed by atoms with Crippen molar-refractivity contribution in [1.29, 1.82) is 0 Å². The number of rotatable bonds is 3. The molecule has 6 heteroatoms. The highest BCUT2D eigenvalue weighted by atomic mass is 35.5. The molecule has 0 bridgehead atoms. The molecule has 2 heterocycles. The lowest BCUT2D eigenvalue weighted by atomic mass is 10.2. The number of halogens is 1. The molecule has 2 unspecified atom stereocenters. The van der Waals surface area contributed by atoms with E-state index >= 15 is 0 Å². The van der Waals surface area contributed by atoms with Gasteiger partial charge in [-0.3, -0.25) is 4.98 Å². The molecule has 0 amide bonds. The van der Waals surface area contributed by atoms with Crippen molar-refractivity contribution in [2.24, 2.45) is 0 Å². The number of nitrogens with zero attached hydrogens (tertiary/aromatic N) is 2. The van der Waals surface area contributed by atoms with Crippen LogP contribution in [0, 0.1) is 0 Å². The first kappa shape index (κ1) is 13.3. The van der Waals surface area contributed by atoms with E-state index < -0.39 is 0 Å². The zero-order valence-electron chi connectivity index (χ0n) is 10.6. The summed E-state index contributed by atoms with van der Waals surface area (Å²) >= 11 is 11.3. The Labute approximate surface area is 127 Å². The molecular formula is C14H13ClN4S. The molecule has 2 aromatic rings. The smallest absolute Gasteiger partial charge is 0.172 e. The molecule has 1 aliphatic carbocycles. The third-order valence-electron chi connectivity index (χ3n) is 3.17. The van der Waals surface area contributed by atoms with Crippen LogP contribution in [0.5, 0.6) is 0 Å². The number of thiocarbonyl (C=S) groups is 1. The summed E-state index contributed by atoms with van der Waals surface area (Å²) in [5.74, 6) is 0.997. The van der Waals surface area contributed by atoms with E-state index in [4.69, 9.17) is 23.8 Å². The van der Waals surface area contributed by atoms with E-state index in [0.29, 0.717) is 27.9 Å². The molecule has 1 fully saturated rings. The Kier molecular flexibility index (Phi) is 3.80. The van der Waals surface area contributed by atoms with Gasteiger partial charge in [0.1, 0.15) is 0 Å². The van der Waals surface area contributed by atoms with Gasteiger partial charge in [0, 0.05) is 30.0 Å². The van der Waals surface area contributed by atoms with Crippen LogP contribution in [-0.4, -0.2) is 21.1 Å². The van der Waals surface area contributed by atoms with E-state index in [-0.39, 0.29) is 0 Å². The molecule has 20 heavy (non-hydrogen) atoms. The molecule has 0 saturated heterocycles. The van der Waals surface area contributed by atoms with Crippen LogP contribution in [0.4, 0.5) is 5.82 Å². The van der Waals surface area contributed by atoms with E-state index in [1.165, 1.54) is 0 Å². The summed E-state index contributed by atoms with van der Waals surface area (Å²) in [6, 6.07) is 9.84. The fourth-order valence-corrected chi connectivity index (χ4v) is 2.48. The maximum atomic E-state index is 6.02. The summed E-state index contributed by atoms with van der Waals surface area (Å²) in [5, 5.41) is 7.36. The third kappa shape index (κ3) is 3.05. The van der Waals surface area contributed by atoms with E-state index in [9.17, 15) is 0 Å². The predicted octanol–water partition coefficient (Wildman–Crippen LogP) is 2.97. The lowest BCUT2D eigenvalue weighted by molar-refractivity contribution is 0.858. The fraction of sp³-hybridized carbons (Fsp3) is 0.214. The quantitative estimate of drug-likeness (QED) is 0.854. The van der Waals surface area contributed by atoms with Crippen LogP contribution in [0.2, 0.25) is 5.02 Å². The minimum atomic E-state index is 0.326. The van der Waals surface area contributed by atoms with Gasteiger partial charge < -0.3 is 10.6 Å². The first-order chi connectivity index (χ1) is 9.74. The number of aromatic nitrogens is 2. The minimum Gasteiger partial charge on any atom is -0.359 e. The maximum absolute atomic E-state index is 6.02. The van der Waals surface area contributed by atoms with Crippen LogP contribution in [-0.2, 0) is 0 Å². The molecule has 0 spiro atoms. The van der Waals surface area contributed by atoms with E-state index in [2.05, 4.69) is 20.6 Å². The summed E-state index contributed by atoms with van der Waals surface area (Å²) < 4.78 is 0. The van der Waals surface area contributed by atoms with Crippen molar-refractivity contribution < 1.29 is 0 Å². The van der Waals surface area contributed by atoms with E-state index in [1.807, 2.05) is 24.4 Å². The van der Waals surface area contributed by atoms with Gasteiger partial charge in [0.05, 0.1) is 5.02 Å². The summed E-state index contributed by atoms with van der Waals surface area (Å²) in [4.78, 5) is 8.50. The highest BCUT2D eigenvalue weighted by molar-refractivity contribution is 7.80. The van der Waals surface area contributed by atoms with E-state index in [1.54, 1.807) is 18.3 Å². The monoisotopic (exact) mass is 304 g/mol. The van der Waals surface area contributed by atoms with Gasteiger partial charge in [-0.15, -0.1) is 0 Å². The Morgan fingerprint density at radius 1 is 1.20 bits per heavy atom. The highest BCUT2D eigenvalue weighted by Crippen LogP contribution is 2.39. The standard InChI is InChI=1S/C14H13ClN4S/c15-10-4-3-7-17-13(10)19-14(20)18-12-8-9(12)11-5-1-2-6-16-11/h1-7,9,12H,8H2,(H2,17,18,19,20). The van der Waals surface area contributed by atoms with Crippen molar-refractivity contribution in [2.75, 3.05) is 5.32 Å². The van der Waals surface area contributed by atoms with Gasteiger partial charge in [0.2, 0.25) is 0 Å². The molecule has 102 valence electrons. The van der Waals surface area contributed by atoms with Gasteiger partial charge in [0.25, 0.3) is 0 Å². The molecule has 2 aromatic heterocycles. The third-order valence-corrected chi connectivity index (χ3v) is 3.69. The Morgan fingerprint density at radius 3 is 2.80 bits per heavy atom. The zero-order valence-corrected chi connectivity index (χ0v) is 12.2. The maximum Gasteiger partial charge on any atom is 0.172 e. The second-order valence-electron chi connectivity index (χ2n) is 4.64. The SMILES string of the molecule is S=C(Nc1ncccc1Cl)NC1CC1c1ccccn1. The lowest BCUT2D eigenvalue weighted by Crippen LogP contribution is -2.31. The molecular weight excluding hydrogens is 292 g/mol. The molecule has 2 N–H and O–H groups in total. The Balaban J connectivity index is 1.55. The van der Waals surface area contributed by atoms with Crippen molar-refractivity contribution in [3.05, 3.63) is 53.4 Å². The van der Waals surface area contributed by atoms with Gasteiger partial charge >= 0.3 is 0 Å². The van der Waals surface area contributed by atoms with Crippen molar-refractivity contribution in [2.45, 2.75) is 18.4 Å². The van der Waals surface area contributed by atoms with Crippen LogP contribution in [0.15, 0.2) is 42.7 Å². The van der Waals surface area contributed by atoms with Crippen LogP contribution in [0.1, 0.15) is 18.0 Å². The Hall–Kier alpha value is -1.72. The molecule has 3 rings (SSSR count). The van der Waals surface area contributed by atoms with Crippen LogP contribution in [0.3, 0.4) is 0 Å². The van der Waals surface area contributed by atoms with Crippen LogP contribution in [0.25, 0.3) is 0 Å². The lowest BCUT2D eigenvalue weighted by Gasteiger charge is -2.10. The number of hydrogen-bond donors (Lipinski definition) is 2. The van der Waals surface area contributed by atoms with Crippen molar-refractivity contribution >= 4 is 34.7 Å². The van der Waals surface area contributed by atoms with E-state index in [0.717, 1.165) is 12.1 Å². The average molecular weight is 305 g/mol. The predicted molar refractivity (Wildman–Crippen MR) is 84.0 cm³/mol. The van der Waals surface area contributed by atoms with Gasteiger partial charge in [-0.25, -0.2) is 4.98 Å². The number of nitrogens with one attached hydrogen (secondary N) is 2. The summed E-state index contributed by atoms with van der Waals surface area (Å²) in [5.41, 5.74) is 1.10. The summed E-state index contributed by atoms with van der Waals surface area (Å²) in [6.07, 6.45) is 4.52. The van der Waals surface area contributed by atoms with Gasteiger partial charge in [-0.05, 0) is 42.9 Å². The van der Waals surface area contributed by atoms with Gasteiger partial charge in [0.15, 0.2) is 10.9 Å². The largest absolute Gasteiger partial charge is 0.359 e. The molecule has 0 aliphatic heterocycles. The van der Waals surface area contributed by atoms with Crippen LogP contribution >= 0.6 is 23.8 Å². The second-order valence-corrected chi connectivity index (χ2v) is 5.45. The van der Waals surface area contributed by atoms with Gasteiger partial charge in [-0.1, -0.05) is 17.7 Å². The molecule has 0 radical (unpaired) electrons.